The fraction of sp³-hybridized carbons (Fsp3) is 0.562. The molecule has 0 heterocycles. The third-order valence-electron chi connectivity index (χ3n) is 4.29. The number of aromatic hydroxyl groups is 1. The van der Waals surface area contributed by atoms with Crippen molar-refractivity contribution in [3.8, 4) is 11.8 Å². The van der Waals surface area contributed by atoms with Gasteiger partial charge in [-0.3, -0.25) is 0 Å². The van der Waals surface area contributed by atoms with E-state index < -0.39 is 0 Å². The Morgan fingerprint density at radius 1 is 1.28 bits per heavy atom. The SMILES string of the molecule is CCC[C@H]1CC[C@@](C#N)(c2ccc(O)cc2)CC1. The zero-order valence-electron chi connectivity index (χ0n) is 11.0. The Labute approximate surface area is 109 Å². The molecular weight excluding hydrogens is 222 g/mol. The lowest BCUT2D eigenvalue weighted by atomic mass is 9.67. The fourth-order valence-corrected chi connectivity index (χ4v) is 3.11. The van der Waals surface area contributed by atoms with Crippen LogP contribution in [-0.2, 0) is 5.41 Å². The maximum atomic E-state index is 9.57. The van der Waals surface area contributed by atoms with Gasteiger partial charge in [0, 0.05) is 0 Å². The van der Waals surface area contributed by atoms with Crippen molar-refractivity contribution >= 4 is 0 Å². The van der Waals surface area contributed by atoms with E-state index >= 15 is 0 Å². The number of hydrogen-bond donors (Lipinski definition) is 1. The van der Waals surface area contributed by atoms with E-state index in [0.717, 1.165) is 37.2 Å². The molecule has 1 aromatic carbocycles. The summed E-state index contributed by atoms with van der Waals surface area (Å²) in [7, 11) is 0. The molecule has 0 saturated heterocycles. The van der Waals surface area contributed by atoms with Crippen molar-refractivity contribution in [2.24, 2.45) is 5.92 Å². The molecule has 0 aromatic heterocycles. The first-order valence-electron chi connectivity index (χ1n) is 6.91. The third kappa shape index (κ3) is 2.51. The first-order valence-corrected chi connectivity index (χ1v) is 6.91. The Morgan fingerprint density at radius 2 is 1.89 bits per heavy atom. The second-order valence-electron chi connectivity index (χ2n) is 5.47. The summed E-state index contributed by atoms with van der Waals surface area (Å²) >= 11 is 0. The highest BCUT2D eigenvalue weighted by Gasteiger charge is 2.36. The molecule has 1 aromatic rings. The van der Waals surface area contributed by atoms with Gasteiger partial charge in [-0.1, -0.05) is 31.9 Å². The van der Waals surface area contributed by atoms with Gasteiger partial charge in [0.15, 0.2) is 0 Å². The molecule has 0 unspecified atom stereocenters. The normalized spacial score (nSPS) is 27.7. The zero-order chi connectivity index (χ0) is 13.0. The predicted molar refractivity (Wildman–Crippen MR) is 72.3 cm³/mol. The monoisotopic (exact) mass is 243 g/mol. The Bertz CT molecular complexity index is 421. The summed E-state index contributed by atoms with van der Waals surface area (Å²) in [6.07, 6.45) is 6.75. The molecule has 0 bridgehead atoms. The van der Waals surface area contributed by atoms with E-state index in [1.54, 1.807) is 12.1 Å². The van der Waals surface area contributed by atoms with E-state index in [-0.39, 0.29) is 11.2 Å². The van der Waals surface area contributed by atoms with Gasteiger partial charge in [-0.05, 0) is 49.3 Å². The van der Waals surface area contributed by atoms with Gasteiger partial charge in [0.1, 0.15) is 5.75 Å². The van der Waals surface area contributed by atoms with Crippen LogP contribution in [0.4, 0.5) is 0 Å². The van der Waals surface area contributed by atoms with E-state index in [4.69, 9.17) is 0 Å². The third-order valence-corrected chi connectivity index (χ3v) is 4.29. The van der Waals surface area contributed by atoms with Crippen LogP contribution in [-0.4, -0.2) is 5.11 Å². The van der Waals surface area contributed by atoms with Gasteiger partial charge in [-0.15, -0.1) is 0 Å². The number of phenolic OH excluding ortho intramolecular Hbond substituents is 1. The van der Waals surface area contributed by atoms with Crippen molar-refractivity contribution < 1.29 is 5.11 Å². The van der Waals surface area contributed by atoms with Crippen LogP contribution in [0.15, 0.2) is 24.3 Å². The average Bonchev–Trinajstić information content (AvgIpc) is 2.41. The molecule has 0 radical (unpaired) electrons. The van der Waals surface area contributed by atoms with Crippen molar-refractivity contribution in [2.75, 3.05) is 0 Å². The number of hydrogen-bond acceptors (Lipinski definition) is 2. The van der Waals surface area contributed by atoms with Gasteiger partial charge in [0.05, 0.1) is 11.5 Å². The van der Waals surface area contributed by atoms with E-state index in [1.165, 1.54) is 12.8 Å². The van der Waals surface area contributed by atoms with E-state index in [0.29, 0.717) is 0 Å². The molecule has 96 valence electrons. The zero-order valence-corrected chi connectivity index (χ0v) is 11.0. The van der Waals surface area contributed by atoms with Crippen LogP contribution in [0.1, 0.15) is 51.0 Å². The van der Waals surface area contributed by atoms with E-state index in [1.807, 2.05) is 12.1 Å². The van der Waals surface area contributed by atoms with Crippen LogP contribution in [0, 0.1) is 17.2 Å². The smallest absolute Gasteiger partial charge is 0.115 e. The highest BCUT2D eigenvalue weighted by atomic mass is 16.3. The second kappa shape index (κ2) is 5.44. The largest absolute Gasteiger partial charge is 0.508 e. The first kappa shape index (κ1) is 13.0. The van der Waals surface area contributed by atoms with Crippen LogP contribution in [0.3, 0.4) is 0 Å². The summed E-state index contributed by atoms with van der Waals surface area (Å²) in [5.41, 5.74) is 0.746. The Kier molecular flexibility index (Phi) is 3.91. The molecule has 0 spiro atoms. The quantitative estimate of drug-likeness (QED) is 0.867. The lowest BCUT2D eigenvalue weighted by molar-refractivity contribution is 0.265. The molecule has 1 fully saturated rings. The van der Waals surface area contributed by atoms with Gasteiger partial charge in [0.2, 0.25) is 0 Å². The van der Waals surface area contributed by atoms with Crippen LogP contribution in [0.2, 0.25) is 0 Å². The summed E-state index contributed by atoms with van der Waals surface area (Å²) in [4.78, 5) is 0. The van der Waals surface area contributed by atoms with Crippen LogP contribution >= 0.6 is 0 Å². The predicted octanol–water partition coefficient (Wildman–Crippen LogP) is 4.14. The Hall–Kier alpha value is -1.49. The number of nitrogens with zero attached hydrogens (tertiary/aromatic N) is 1. The molecule has 0 aliphatic heterocycles. The molecule has 2 heteroatoms. The molecule has 1 saturated carbocycles. The molecule has 1 aliphatic rings. The molecule has 2 rings (SSSR count). The Morgan fingerprint density at radius 3 is 2.39 bits per heavy atom. The van der Waals surface area contributed by atoms with Crippen LogP contribution in [0.25, 0.3) is 0 Å². The summed E-state index contributed by atoms with van der Waals surface area (Å²) in [5, 5.41) is 18.9. The molecule has 18 heavy (non-hydrogen) atoms. The highest BCUT2D eigenvalue weighted by Crippen LogP contribution is 2.42. The Balaban J connectivity index is 2.14. The number of rotatable bonds is 3. The van der Waals surface area contributed by atoms with Crippen LogP contribution < -0.4 is 0 Å². The lowest BCUT2D eigenvalue weighted by Crippen LogP contribution is -2.30. The van der Waals surface area contributed by atoms with Crippen molar-refractivity contribution in [1.29, 1.82) is 5.26 Å². The number of nitriles is 1. The van der Waals surface area contributed by atoms with Gasteiger partial charge in [0.25, 0.3) is 0 Å². The summed E-state index contributed by atoms with van der Waals surface area (Å²) < 4.78 is 0. The van der Waals surface area contributed by atoms with Crippen molar-refractivity contribution in [2.45, 2.75) is 50.9 Å². The fourth-order valence-electron chi connectivity index (χ4n) is 3.11. The van der Waals surface area contributed by atoms with Gasteiger partial charge in [-0.25, -0.2) is 0 Å². The maximum Gasteiger partial charge on any atom is 0.115 e. The van der Waals surface area contributed by atoms with Crippen molar-refractivity contribution in [3.63, 3.8) is 0 Å². The summed E-state index contributed by atoms with van der Waals surface area (Å²) in [6.45, 7) is 2.23. The minimum Gasteiger partial charge on any atom is -0.508 e. The molecule has 0 amide bonds. The molecule has 0 atom stereocenters. The first-order chi connectivity index (χ1) is 8.70. The van der Waals surface area contributed by atoms with Gasteiger partial charge in [-0.2, -0.15) is 5.26 Å². The topological polar surface area (TPSA) is 44.0 Å². The summed E-state index contributed by atoms with van der Waals surface area (Å²) in [6, 6.07) is 9.71. The average molecular weight is 243 g/mol. The second-order valence-corrected chi connectivity index (χ2v) is 5.47. The van der Waals surface area contributed by atoms with Gasteiger partial charge < -0.3 is 5.11 Å². The molecule has 2 nitrogen and oxygen atoms in total. The molecule has 1 aliphatic carbocycles. The molecule has 1 N–H and O–H groups in total. The number of phenols is 1. The van der Waals surface area contributed by atoms with Crippen molar-refractivity contribution in [1.82, 2.24) is 0 Å². The minimum absolute atomic E-state index is 0.270. The minimum atomic E-state index is -0.321. The highest BCUT2D eigenvalue weighted by molar-refractivity contribution is 5.36. The van der Waals surface area contributed by atoms with Crippen molar-refractivity contribution in [3.05, 3.63) is 29.8 Å². The number of benzene rings is 1. The standard InChI is InChI=1S/C16H21NO/c1-2-3-13-8-10-16(12-17,11-9-13)14-4-6-15(18)7-5-14/h4-7,13,18H,2-3,8-11H2,1H3/t13-,16+. The molecular formula is C16H21NO. The van der Waals surface area contributed by atoms with Gasteiger partial charge >= 0.3 is 0 Å². The lowest BCUT2D eigenvalue weighted by Gasteiger charge is -2.35. The van der Waals surface area contributed by atoms with E-state index in [2.05, 4.69) is 13.0 Å². The summed E-state index contributed by atoms with van der Waals surface area (Å²) in [5.74, 6) is 1.07. The van der Waals surface area contributed by atoms with Crippen LogP contribution in [0.5, 0.6) is 5.75 Å². The maximum absolute atomic E-state index is 9.57. The van der Waals surface area contributed by atoms with E-state index in [9.17, 15) is 10.4 Å².